The van der Waals surface area contributed by atoms with E-state index in [-0.39, 0.29) is 11.8 Å². The molecule has 3 nitrogen and oxygen atoms in total. The lowest BCUT2D eigenvalue weighted by Crippen LogP contribution is -2.20. The summed E-state index contributed by atoms with van der Waals surface area (Å²) in [4.78, 5) is 14.4. The molecule has 0 rings (SSSR count). The number of hydrogen-bond donors (Lipinski definition) is 0. The number of oxime groups is 1. The largest absolute Gasteiger partial charge is 0.399 e. The average molecular weight is 321 g/mol. The summed E-state index contributed by atoms with van der Waals surface area (Å²) in [7, 11) is 1.41. The molecule has 0 aromatic rings. The minimum absolute atomic E-state index is 0.00824. The summed E-state index contributed by atoms with van der Waals surface area (Å²) in [6.45, 7) is 11.7. The van der Waals surface area contributed by atoms with Gasteiger partial charge in [-0.05, 0) is 23.7 Å². The molecule has 0 amide bonds. The first-order valence-electron chi connectivity index (χ1n) is 8.06. The Kier molecular flexibility index (Phi) is 14.4. The summed E-state index contributed by atoms with van der Waals surface area (Å²) in [5, 5.41) is 3.41. The Labute approximate surface area is 134 Å². The van der Waals surface area contributed by atoms with Crippen molar-refractivity contribution in [2.75, 3.05) is 7.11 Å². The molecule has 0 unspecified atom stereocenters. The van der Waals surface area contributed by atoms with Crippen LogP contribution >= 0.6 is 0 Å². The van der Waals surface area contributed by atoms with Crippen LogP contribution in [-0.4, -0.2) is 32.0 Å². The summed E-state index contributed by atoms with van der Waals surface area (Å²) in [6.07, 6.45) is 1.24. The lowest BCUT2D eigenvalue weighted by Gasteiger charge is -2.18. The third kappa shape index (κ3) is 9.85. The molecule has 6 atom stereocenters. The van der Waals surface area contributed by atoms with E-state index in [2.05, 4.69) is 16.9 Å². The maximum atomic E-state index is 13.2. The Morgan fingerprint density at radius 1 is 0.955 bits per heavy atom. The molecule has 0 aliphatic heterocycles. The highest BCUT2D eigenvalue weighted by atomic mass is 19.1. The van der Waals surface area contributed by atoms with Crippen molar-refractivity contribution in [3.05, 3.63) is 0 Å². The van der Waals surface area contributed by atoms with E-state index in [1.807, 2.05) is 27.7 Å². The molecular formula is C17H33F2NO2. The van der Waals surface area contributed by atoms with Gasteiger partial charge in [0.25, 0.3) is 0 Å². The third-order valence-corrected chi connectivity index (χ3v) is 4.53. The number of alkyl halides is 2. The van der Waals surface area contributed by atoms with Gasteiger partial charge in [-0.1, -0.05) is 59.5 Å². The van der Waals surface area contributed by atoms with Crippen LogP contribution in [0.4, 0.5) is 8.78 Å². The smallest absolute Gasteiger partial charge is 0.158 e. The highest BCUT2D eigenvalue weighted by Gasteiger charge is 2.20. The van der Waals surface area contributed by atoms with Crippen molar-refractivity contribution >= 4 is 12.5 Å². The number of aldehydes is 1. The second-order valence-electron chi connectivity index (χ2n) is 5.95. The van der Waals surface area contributed by atoms with Crippen molar-refractivity contribution in [3.8, 4) is 0 Å². The number of carbonyl (C=O) groups excluding carboxylic acids is 1. The van der Waals surface area contributed by atoms with Gasteiger partial charge in [-0.2, -0.15) is 0 Å². The molecule has 0 N–H and O–H groups in total. The maximum absolute atomic E-state index is 13.2. The predicted octanol–water partition coefficient (Wildman–Crippen LogP) is 4.84. The molecule has 0 aromatic carbocycles. The van der Waals surface area contributed by atoms with Crippen molar-refractivity contribution in [2.45, 2.75) is 66.7 Å². The summed E-state index contributed by atoms with van der Waals surface area (Å²) >= 11 is 0. The second kappa shape index (κ2) is 13.6. The van der Waals surface area contributed by atoms with Crippen molar-refractivity contribution in [2.24, 2.45) is 28.8 Å². The van der Waals surface area contributed by atoms with E-state index < -0.39 is 12.3 Å². The Morgan fingerprint density at radius 2 is 1.36 bits per heavy atom. The monoisotopic (exact) mass is 321 g/mol. The minimum Gasteiger partial charge on any atom is -0.399 e. The standard InChI is InChI=1S/C9H18FNO.C8H15FO/c1-5-7(2)8(3)9(10)6-11-12-4;1-4-6(2)7(3)8(9)5-10/h6-9H,5H2,1-4H3;5-8H,4H2,1-3H3/t7-,8+,9+;6-,7+,8+/m00/s1. The van der Waals surface area contributed by atoms with Gasteiger partial charge in [0, 0.05) is 0 Å². The first-order chi connectivity index (χ1) is 10.3. The molecule has 0 heterocycles. The number of halogens is 2. The highest BCUT2D eigenvalue weighted by Crippen LogP contribution is 2.20. The van der Waals surface area contributed by atoms with E-state index in [1.54, 1.807) is 6.92 Å². The Balaban J connectivity index is 0. The van der Waals surface area contributed by atoms with Crippen molar-refractivity contribution < 1.29 is 18.4 Å². The topological polar surface area (TPSA) is 38.7 Å². The average Bonchev–Trinajstić information content (AvgIpc) is 2.56. The Hall–Kier alpha value is -1.00. The van der Waals surface area contributed by atoms with Crippen LogP contribution in [0.2, 0.25) is 0 Å². The molecular weight excluding hydrogens is 288 g/mol. The van der Waals surface area contributed by atoms with Crippen LogP contribution in [0.5, 0.6) is 0 Å². The van der Waals surface area contributed by atoms with Gasteiger partial charge >= 0.3 is 0 Å². The zero-order chi connectivity index (χ0) is 17.7. The molecule has 0 aliphatic rings. The van der Waals surface area contributed by atoms with Gasteiger partial charge < -0.3 is 9.63 Å². The molecule has 0 fully saturated rings. The van der Waals surface area contributed by atoms with Gasteiger partial charge in [0.05, 0.1) is 6.21 Å². The summed E-state index contributed by atoms with van der Waals surface area (Å²) in [6, 6.07) is 0. The molecule has 0 spiro atoms. The van der Waals surface area contributed by atoms with Crippen LogP contribution < -0.4 is 0 Å². The van der Waals surface area contributed by atoms with E-state index in [9.17, 15) is 13.6 Å². The number of hydrogen-bond acceptors (Lipinski definition) is 3. The third-order valence-electron chi connectivity index (χ3n) is 4.53. The second-order valence-corrected chi connectivity index (χ2v) is 5.95. The van der Waals surface area contributed by atoms with Crippen LogP contribution in [0, 0.1) is 23.7 Å². The maximum Gasteiger partial charge on any atom is 0.158 e. The van der Waals surface area contributed by atoms with Gasteiger partial charge in [0.1, 0.15) is 13.3 Å². The number of nitrogens with zero attached hydrogens (tertiary/aromatic N) is 1. The minimum atomic E-state index is -1.28. The van der Waals surface area contributed by atoms with Crippen LogP contribution in [0.25, 0.3) is 0 Å². The lowest BCUT2D eigenvalue weighted by atomic mass is 9.90. The van der Waals surface area contributed by atoms with E-state index >= 15 is 0 Å². The van der Waals surface area contributed by atoms with Gasteiger partial charge in [0.15, 0.2) is 12.5 Å². The molecule has 0 bridgehead atoms. The first-order valence-corrected chi connectivity index (χ1v) is 8.06. The van der Waals surface area contributed by atoms with Crippen LogP contribution in [-0.2, 0) is 9.63 Å². The Morgan fingerprint density at radius 3 is 1.68 bits per heavy atom. The first kappa shape index (κ1) is 23.3. The van der Waals surface area contributed by atoms with Crippen molar-refractivity contribution in [1.29, 1.82) is 0 Å². The fourth-order valence-corrected chi connectivity index (χ4v) is 1.75. The van der Waals surface area contributed by atoms with Gasteiger partial charge in [-0.3, -0.25) is 0 Å². The quantitative estimate of drug-likeness (QED) is 0.346. The predicted molar refractivity (Wildman–Crippen MR) is 88.6 cm³/mol. The molecule has 0 aromatic heterocycles. The van der Waals surface area contributed by atoms with Crippen LogP contribution in [0.3, 0.4) is 0 Å². The van der Waals surface area contributed by atoms with E-state index in [4.69, 9.17) is 0 Å². The summed E-state index contributed by atoms with van der Waals surface area (Å²) in [5.41, 5.74) is 0. The number of carbonyl (C=O) groups is 1. The van der Waals surface area contributed by atoms with Gasteiger partial charge in [0.2, 0.25) is 0 Å². The van der Waals surface area contributed by atoms with Crippen LogP contribution in [0.1, 0.15) is 54.4 Å². The van der Waals surface area contributed by atoms with Gasteiger partial charge in [-0.25, -0.2) is 8.78 Å². The molecule has 22 heavy (non-hydrogen) atoms. The van der Waals surface area contributed by atoms with Crippen LogP contribution in [0.15, 0.2) is 5.16 Å². The molecule has 0 aliphatic carbocycles. The molecule has 0 radical (unpaired) electrons. The van der Waals surface area contributed by atoms with E-state index in [1.165, 1.54) is 13.3 Å². The fourth-order valence-electron chi connectivity index (χ4n) is 1.75. The van der Waals surface area contributed by atoms with E-state index in [0.717, 1.165) is 12.8 Å². The van der Waals surface area contributed by atoms with Crippen molar-refractivity contribution in [3.63, 3.8) is 0 Å². The van der Waals surface area contributed by atoms with Crippen molar-refractivity contribution in [1.82, 2.24) is 0 Å². The van der Waals surface area contributed by atoms with E-state index in [0.29, 0.717) is 18.1 Å². The van der Waals surface area contributed by atoms with Gasteiger partial charge in [-0.15, -0.1) is 0 Å². The number of rotatable bonds is 9. The lowest BCUT2D eigenvalue weighted by molar-refractivity contribution is -0.114. The molecule has 5 heteroatoms. The zero-order valence-corrected chi connectivity index (χ0v) is 15.1. The summed E-state index contributed by atoms with van der Waals surface area (Å²) in [5.74, 6) is 0.542. The molecule has 0 saturated heterocycles. The normalized spacial score (nSPS) is 19.3. The molecule has 132 valence electrons. The zero-order valence-electron chi connectivity index (χ0n) is 15.1. The Bertz CT molecular complexity index is 300. The summed E-state index contributed by atoms with van der Waals surface area (Å²) < 4.78 is 25.8. The molecule has 0 saturated carbocycles. The SMILES string of the molecule is CC[C@H](C)[C@@H](C)[C@H](F)C=NOC.CC[C@H](C)[C@@H](C)[C@H](F)C=O. The highest BCUT2D eigenvalue weighted by molar-refractivity contribution is 5.62. The fraction of sp³-hybridized carbons (Fsp3) is 0.882.